The zero-order valence-corrected chi connectivity index (χ0v) is 9.73. The van der Waals surface area contributed by atoms with E-state index in [1.165, 1.54) is 0 Å². The first-order chi connectivity index (χ1) is 7.38. The zero-order valence-electron chi connectivity index (χ0n) is 9.73. The van der Waals surface area contributed by atoms with E-state index in [4.69, 9.17) is 9.47 Å². The second-order valence-corrected chi connectivity index (χ2v) is 4.40. The highest BCUT2D eigenvalue weighted by Gasteiger charge is 2.53. The van der Waals surface area contributed by atoms with Gasteiger partial charge in [0.05, 0.1) is 0 Å². The van der Waals surface area contributed by atoms with Crippen molar-refractivity contribution in [2.45, 2.75) is 38.8 Å². The number of allylic oxidation sites excluding steroid dienone is 2. The predicted octanol–water partition coefficient (Wildman–Crippen LogP) is 1.75. The lowest BCUT2D eigenvalue weighted by molar-refractivity contribution is -0.335. The fourth-order valence-corrected chi connectivity index (χ4v) is 1.80. The van der Waals surface area contributed by atoms with Gasteiger partial charge in [-0.1, -0.05) is 12.2 Å². The quantitative estimate of drug-likeness (QED) is 0.586. The first-order valence-corrected chi connectivity index (χ1v) is 5.19. The molecular formula is C12H18O4. The number of aliphatic hydroxyl groups excluding tert-OH is 1. The maximum Gasteiger partial charge on any atom is 0.320 e. The number of carbonyl (C=O) groups excluding carboxylic acids is 1. The van der Waals surface area contributed by atoms with Crippen molar-refractivity contribution in [2.24, 2.45) is 5.41 Å². The van der Waals surface area contributed by atoms with Crippen LogP contribution in [0.5, 0.6) is 0 Å². The molecule has 0 spiro atoms. The van der Waals surface area contributed by atoms with E-state index < -0.39 is 23.5 Å². The molecule has 0 aliphatic carbocycles. The van der Waals surface area contributed by atoms with Gasteiger partial charge in [-0.2, -0.15) is 0 Å². The highest BCUT2D eigenvalue weighted by atomic mass is 16.8. The number of carbonyl (C=O) groups is 1. The molecule has 1 aliphatic heterocycles. The zero-order chi connectivity index (χ0) is 12.4. The van der Waals surface area contributed by atoms with Crippen LogP contribution in [-0.2, 0) is 14.3 Å². The fraction of sp³-hybridized carbons (Fsp3) is 0.583. The lowest BCUT2D eigenvalue weighted by Gasteiger charge is -2.44. The molecule has 1 unspecified atom stereocenters. The average molecular weight is 226 g/mol. The van der Waals surface area contributed by atoms with E-state index >= 15 is 0 Å². The Kier molecular flexibility index (Phi) is 3.55. The molecule has 4 nitrogen and oxygen atoms in total. The van der Waals surface area contributed by atoms with Crippen LogP contribution in [-0.4, -0.2) is 23.2 Å². The van der Waals surface area contributed by atoms with Gasteiger partial charge in [0.15, 0.2) is 6.29 Å². The molecule has 0 aromatic rings. The van der Waals surface area contributed by atoms with E-state index in [-0.39, 0.29) is 12.8 Å². The van der Waals surface area contributed by atoms with Gasteiger partial charge in [-0.25, -0.2) is 0 Å². The molecule has 1 saturated heterocycles. The maximum atomic E-state index is 12.0. The summed E-state index contributed by atoms with van der Waals surface area (Å²) in [4.78, 5) is 12.0. The Morgan fingerprint density at radius 3 is 2.25 bits per heavy atom. The normalized spacial score (nSPS) is 26.9. The largest absolute Gasteiger partial charge is 0.433 e. The van der Waals surface area contributed by atoms with E-state index in [2.05, 4.69) is 13.2 Å². The molecule has 4 heteroatoms. The van der Waals surface area contributed by atoms with E-state index in [0.717, 1.165) is 0 Å². The minimum atomic E-state index is -1.21. The Balaban J connectivity index is 3.03. The second kappa shape index (κ2) is 4.39. The van der Waals surface area contributed by atoms with Gasteiger partial charge in [-0.15, -0.1) is 13.2 Å². The van der Waals surface area contributed by atoms with Crippen LogP contribution < -0.4 is 0 Å². The van der Waals surface area contributed by atoms with Crippen LogP contribution >= 0.6 is 0 Å². The number of cyclic esters (lactones) is 1. The summed E-state index contributed by atoms with van der Waals surface area (Å²) in [7, 11) is 0. The standard InChI is InChI=1S/C12H18O4/c1-5-7-12(8-6-2)9(13)15-11(3,4)16-10(12)14/h5-6,9,13H,1-2,7-8H2,3-4H3. The summed E-state index contributed by atoms with van der Waals surface area (Å²) in [5.74, 6) is -1.57. The average Bonchev–Trinajstić information content (AvgIpc) is 2.13. The number of hydrogen-bond donors (Lipinski definition) is 1. The van der Waals surface area contributed by atoms with Gasteiger partial charge in [0.25, 0.3) is 0 Å². The molecule has 1 rings (SSSR count). The van der Waals surface area contributed by atoms with Crippen molar-refractivity contribution in [1.29, 1.82) is 0 Å². The first-order valence-electron chi connectivity index (χ1n) is 5.19. The summed E-state index contributed by atoms with van der Waals surface area (Å²) in [6.07, 6.45) is 2.50. The molecule has 1 aliphatic rings. The van der Waals surface area contributed by atoms with E-state index in [1.807, 2.05) is 0 Å². The molecule has 90 valence electrons. The Morgan fingerprint density at radius 2 is 1.88 bits per heavy atom. The summed E-state index contributed by atoms with van der Waals surface area (Å²) in [6, 6.07) is 0. The van der Waals surface area contributed by atoms with Gasteiger partial charge >= 0.3 is 5.97 Å². The molecule has 1 atom stereocenters. The van der Waals surface area contributed by atoms with E-state index in [0.29, 0.717) is 0 Å². The van der Waals surface area contributed by atoms with Gasteiger partial charge in [-0.05, 0) is 12.8 Å². The number of aliphatic hydroxyl groups is 1. The Hall–Kier alpha value is -1.13. The van der Waals surface area contributed by atoms with Gasteiger partial charge in [0.2, 0.25) is 5.79 Å². The van der Waals surface area contributed by atoms with Crippen LogP contribution in [0.15, 0.2) is 25.3 Å². The highest BCUT2D eigenvalue weighted by Crippen LogP contribution is 2.41. The summed E-state index contributed by atoms with van der Waals surface area (Å²) >= 11 is 0. The third-order valence-electron chi connectivity index (χ3n) is 2.63. The van der Waals surface area contributed by atoms with Gasteiger partial charge < -0.3 is 14.6 Å². The van der Waals surface area contributed by atoms with Crippen LogP contribution in [0.25, 0.3) is 0 Å². The molecule has 1 heterocycles. The van der Waals surface area contributed by atoms with Crippen molar-refractivity contribution in [3.63, 3.8) is 0 Å². The van der Waals surface area contributed by atoms with Crippen molar-refractivity contribution in [1.82, 2.24) is 0 Å². The third-order valence-corrected chi connectivity index (χ3v) is 2.63. The molecule has 1 N–H and O–H groups in total. The molecule has 0 aromatic heterocycles. The van der Waals surface area contributed by atoms with Crippen molar-refractivity contribution in [3.05, 3.63) is 25.3 Å². The van der Waals surface area contributed by atoms with Crippen LogP contribution in [0.4, 0.5) is 0 Å². The summed E-state index contributed by atoms with van der Waals surface area (Å²) in [5.41, 5.74) is -1.11. The van der Waals surface area contributed by atoms with Gasteiger partial charge in [-0.3, -0.25) is 4.79 Å². The fourth-order valence-electron chi connectivity index (χ4n) is 1.80. The minimum absolute atomic E-state index is 0.287. The summed E-state index contributed by atoms with van der Waals surface area (Å²) < 4.78 is 10.4. The number of hydrogen-bond acceptors (Lipinski definition) is 4. The van der Waals surface area contributed by atoms with Gasteiger partial charge in [0.1, 0.15) is 5.41 Å². The molecule has 0 amide bonds. The lowest BCUT2D eigenvalue weighted by Crippen LogP contribution is -2.56. The Labute approximate surface area is 95.6 Å². The van der Waals surface area contributed by atoms with Crippen LogP contribution in [0, 0.1) is 5.41 Å². The maximum absolute atomic E-state index is 12.0. The Morgan fingerprint density at radius 1 is 1.38 bits per heavy atom. The molecule has 0 saturated carbocycles. The molecular weight excluding hydrogens is 208 g/mol. The van der Waals surface area contributed by atoms with Crippen LogP contribution in [0.3, 0.4) is 0 Å². The number of esters is 1. The lowest BCUT2D eigenvalue weighted by atomic mass is 9.79. The van der Waals surface area contributed by atoms with E-state index in [1.54, 1.807) is 26.0 Å². The Bertz CT molecular complexity index is 296. The number of ether oxygens (including phenoxy) is 2. The first kappa shape index (κ1) is 12.9. The summed E-state index contributed by atoms with van der Waals surface area (Å²) in [6.45, 7) is 10.3. The predicted molar refractivity (Wildman–Crippen MR) is 59.3 cm³/mol. The van der Waals surface area contributed by atoms with Crippen molar-refractivity contribution in [2.75, 3.05) is 0 Å². The summed E-state index contributed by atoms with van der Waals surface area (Å²) in [5, 5.41) is 9.97. The number of rotatable bonds is 4. The van der Waals surface area contributed by atoms with Crippen molar-refractivity contribution < 1.29 is 19.4 Å². The van der Waals surface area contributed by atoms with Crippen LogP contribution in [0.2, 0.25) is 0 Å². The van der Waals surface area contributed by atoms with E-state index in [9.17, 15) is 9.90 Å². The second-order valence-electron chi connectivity index (χ2n) is 4.40. The molecule has 0 radical (unpaired) electrons. The highest BCUT2D eigenvalue weighted by molar-refractivity contribution is 5.78. The SMILES string of the molecule is C=CCC1(CC=C)C(=O)OC(C)(C)OC1O. The molecule has 16 heavy (non-hydrogen) atoms. The van der Waals surface area contributed by atoms with Crippen molar-refractivity contribution >= 4 is 5.97 Å². The molecule has 0 aromatic carbocycles. The topological polar surface area (TPSA) is 55.8 Å². The van der Waals surface area contributed by atoms with Gasteiger partial charge in [0, 0.05) is 13.8 Å². The molecule has 1 fully saturated rings. The van der Waals surface area contributed by atoms with Crippen molar-refractivity contribution in [3.8, 4) is 0 Å². The van der Waals surface area contributed by atoms with Crippen LogP contribution in [0.1, 0.15) is 26.7 Å². The molecule has 0 bridgehead atoms. The third kappa shape index (κ3) is 2.18. The smallest absolute Gasteiger partial charge is 0.320 e. The minimum Gasteiger partial charge on any atom is -0.433 e. The monoisotopic (exact) mass is 226 g/mol.